The number of anilines is 1. The van der Waals surface area contributed by atoms with Gasteiger partial charge in [-0.1, -0.05) is 42.7 Å². The SMILES string of the molecule is O=C(CN1C(=O)NC2(CCCCC2)C1=O)Nc1nc2ccccc2s1. The smallest absolute Gasteiger partial charge is 0.323 e. The largest absolute Gasteiger partial charge is 0.325 e. The van der Waals surface area contributed by atoms with Gasteiger partial charge in [0.1, 0.15) is 12.1 Å². The Balaban J connectivity index is 1.45. The molecule has 1 aromatic heterocycles. The Morgan fingerprint density at radius 1 is 1.24 bits per heavy atom. The predicted molar refractivity (Wildman–Crippen MR) is 94.3 cm³/mol. The van der Waals surface area contributed by atoms with E-state index in [2.05, 4.69) is 15.6 Å². The molecule has 4 amide bonds. The van der Waals surface area contributed by atoms with Gasteiger partial charge in [0.25, 0.3) is 5.91 Å². The Labute approximate surface area is 148 Å². The van der Waals surface area contributed by atoms with Crippen LogP contribution < -0.4 is 10.6 Å². The van der Waals surface area contributed by atoms with Crippen molar-refractivity contribution in [2.24, 2.45) is 0 Å². The molecule has 2 heterocycles. The van der Waals surface area contributed by atoms with E-state index in [1.54, 1.807) is 0 Å². The molecule has 1 aromatic carbocycles. The number of para-hydroxylation sites is 1. The monoisotopic (exact) mass is 358 g/mol. The van der Waals surface area contributed by atoms with E-state index in [9.17, 15) is 14.4 Å². The number of aromatic nitrogens is 1. The lowest BCUT2D eigenvalue weighted by Gasteiger charge is -2.30. The number of urea groups is 1. The van der Waals surface area contributed by atoms with Gasteiger partial charge in [-0.2, -0.15) is 0 Å². The summed E-state index contributed by atoms with van der Waals surface area (Å²) in [6, 6.07) is 7.10. The summed E-state index contributed by atoms with van der Waals surface area (Å²) in [5.41, 5.74) is 0.00446. The van der Waals surface area contributed by atoms with E-state index in [1.807, 2.05) is 24.3 Å². The van der Waals surface area contributed by atoms with Crippen molar-refractivity contribution in [2.45, 2.75) is 37.6 Å². The predicted octanol–water partition coefficient (Wildman–Crippen LogP) is 2.49. The maximum atomic E-state index is 12.7. The average molecular weight is 358 g/mol. The lowest BCUT2D eigenvalue weighted by atomic mass is 9.82. The topological polar surface area (TPSA) is 91.4 Å². The summed E-state index contributed by atoms with van der Waals surface area (Å²) in [5.74, 6) is -0.702. The molecule has 1 spiro atoms. The second kappa shape index (κ2) is 6.11. The Bertz CT molecular complexity index is 823. The number of thiazole rings is 1. The van der Waals surface area contributed by atoms with Crippen molar-refractivity contribution in [3.63, 3.8) is 0 Å². The van der Waals surface area contributed by atoms with Gasteiger partial charge in [0, 0.05) is 0 Å². The number of amides is 4. The number of hydrogen-bond acceptors (Lipinski definition) is 5. The first-order valence-corrected chi connectivity index (χ1v) is 9.19. The number of carbonyl (C=O) groups excluding carboxylic acids is 3. The first-order valence-electron chi connectivity index (χ1n) is 8.37. The molecule has 1 aliphatic carbocycles. The molecule has 7 nitrogen and oxygen atoms in total. The standard InChI is InChI=1S/C17H18N4O3S/c22-13(19-15-18-11-6-2-3-7-12(11)25-15)10-21-14(23)17(20-16(21)24)8-4-1-5-9-17/h2-3,6-7H,1,4-5,8-10H2,(H,20,24)(H,18,19,22). The van der Waals surface area contributed by atoms with E-state index in [1.165, 1.54) is 11.3 Å². The van der Waals surface area contributed by atoms with E-state index < -0.39 is 17.5 Å². The molecule has 25 heavy (non-hydrogen) atoms. The van der Waals surface area contributed by atoms with E-state index in [-0.39, 0.29) is 12.5 Å². The van der Waals surface area contributed by atoms with E-state index in [4.69, 9.17) is 0 Å². The maximum Gasteiger partial charge on any atom is 0.325 e. The fraction of sp³-hybridized carbons (Fsp3) is 0.412. The van der Waals surface area contributed by atoms with Crippen molar-refractivity contribution < 1.29 is 14.4 Å². The minimum absolute atomic E-state index is 0.281. The van der Waals surface area contributed by atoms with Gasteiger partial charge >= 0.3 is 6.03 Å². The van der Waals surface area contributed by atoms with Crippen LogP contribution in [0.25, 0.3) is 10.2 Å². The second-order valence-corrected chi connectivity index (χ2v) is 7.53. The summed E-state index contributed by atoms with van der Waals surface area (Å²) in [5, 5.41) is 5.95. The lowest BCUT2D eigenvalue weighted by Crippen LogP contribution is -2.48. The van der Waals surface area contributed by atoms with Crippen LogP contribution in [-0.2, 0) is 9.59 Å². The summed E-state index contributed by atoms with van der Waals surface area (Å²) in [4.78, 5) is 42.5. The molecule has 4 rings (SSSR count). The van der Waals surface area contributed by atoms with Gasteiger partial charge in [0.2, 0.25) is 5.91 Å². The number of rotatable bonds is 3. The van der Waals surface area contributed by atoms with Gasteiger partial charge in [-0.15, -0.1) is 0 Å². The van der Waals surface area contributed by atoms with E-state index in [0.717, 1.165) is 34.4 Å². The minimum atomic E-state index is -0.800. The maximum absolute atomic E-state index is 12.7. The van der Waals surface area contributed by atoms with Gasteiger partial charge in [-0.3, -0.25) is 14.5 Å². The fourth-order valence-electron chi connectivity index (χ4n) is 3.54. The molecule has 0 unspecified atom stereocenters. The molecular weight excluding hydrogens is 340 g/mol. The third-order valence-electron chi connectivity index (χ3n) is 4.79. The van der Waals surface area contributed by atoms with Crippen molar-refractivity contribution in [3.8, 4) is 0 Å². The first kappa shape index (κ1) is 16.0. The van der Waals surface area contributed by atoms with Crippen LogP contribution in [0.2, 0.25) is 0 Å². The highest BCUT2D eigenvalue weighted by Crippen LogP contribution is 2.33. The van der Waals surface area contributed by atoms with Crippen LogP contribution in [0.3, 0.4) is 0 Å². The summed E-state index contributed by atoms with van der Waals surface area (Å²) in [6.07, 6.45) is 4.19. The first-order chi connectivity index (χ1) is 12.1. The molecule has 130 valence electrons. The van der Waals surface area contributed by atoms with Gasteiger partial charge in [0.05, 0.1) is 10.2 Å². The molecule has 0 bridgehead atoms. The zero-order valence-electron chi connectivity index (χ0n) is 13.6. The molecule has 1 saturated carbocycles. The molecule has 2 fully saturated rings. The molecule has 2 N–H and O–H groups in total. The molecule has 0 atom stereocenters. The molecule has 1 aliphatic heterocycles. The number of fused-ring (bicyclic) bond motifs is 1. The minimum Gasteiger partial charge on any atom is -0.323 e. The summed E-state index contributed by atoms with van der Waals surface area (Å²) in [6.45, 7) is -0.289. The third-order valence-corrected chi connectivity index (χ3v) is 5.75. The van der Waals surface area contributed by atoms with Crippen molar-refractivity contribution in [3.05, 3.63) is 24.3 Å². The summed E-state index contributed by atoms with van der Waals surface area (Å²) < 4.78 is 0.967. The van der Waals surface area contributed by atoms with Crippen LogP contribution >= 0.6 is 11.3 Å². The number of benzene rings is 1. The average Bonchev–Trinajstić information content (AvgIpc) is 3.10. The zero-order valence-corrected chi connectivity index (χ0v) is 14.4. The van der Waals surface area contributed by atoms with Crippen molar-refractivity contribution in [1.29, 1.82) is 0 Å². The molecular formula is C17H18N4O3S. The normalized spacial score (nSPS) is 19.4. The molecule has 2 aliphatic rings. The van der Waals surface area contributed by atoms with Gasteiger partial charge < -0.3 is 10.6 Å². The zero-order chi connectivity index (χ0) is 17.4. The molecule has 2 aromatic rings. The van der Waals surface area contributed by atoms with Crippen molar-refractivity contribution >= 4 is 44.5 Å². The number of carbonyl (C=O) groups is 3. The highest BCUT2D eigenvalue weighted by Gasteiger charge is 2.51. The Kier molecular flexibility index (Phi) is 3.91. The molecule has 0 radical (unpaired) electrons. The van der Waals surface area contributed by atoms with Gasteiger partial charge in [0.15, 0.2) is 5.13 Å². The second-order valence-electron chi connectivity index (χ2n) is 6.50. The van der Waals surface area contributed by atoms with Crippen molar-refractivity contribution in [1.82, 2.24) is 15.2 Å². The van der Waals surface area contributed by atoms with Gasteiger partial charge in [-0.05, 0) is 25.0 Å². The van der Waals surface area contributed by atoms with E-state index >= 15 is 0 Å². The molecule has 8 heteroatoms. The van der Waals surface area contributed by atoms with Crippen LogP contribution in [0.5, 0.6) is 0 Å². The summed E-state index contributed by atoms with van der Waals surface area (Å²) in [7, 11) is 0. The van der Waals surface area contributed by atoms with Crippen molar-refractivity contribution in [2.75, 3.05) is 11.9 Å². The van der Waals surface area contributed by atoms with Crippen LogP contribution in [0.15, 0.2) is 24.3 Å². The highest BCUT2D eigenvalue weighted by atomic mass is 32.1. The lowest BCUT2D eigenvalue weighted by molar-refractivity contribution is -0.134. The Hall–Kier alpha value is -2.48. The van der Waals surface area contributed by atoms with Crippen LogP contribution in [0.4, 0.5) is 9.93 Å². The number of imide groups is 1. The Morgan fingerprint density at radius 3 is 2.76 bits per heavy atom. The third kappa shape index (κ3) is 2.86. The van der Waals surface area contributed by atoms with Gasteiger partial charge in [-0.25, -0.2) is 9.78 Å². The number of nitrogens with zero attached hydrogens (tertiary/aromatic N) is 2. The number of nitrogens with one attached hydrogen (secondary N) is 2. The summed E-state index contributed by atoms with van der Waals surface area (Å²) >= 11 is 1.36. The van der Waals surface area contributed by atoms with Crippen LogP contribution in [-0.4, -0.2) is 39.8 Å². The van der Waals surface area contributed by atoms with Crippen LogP contribution in [0, 0.1) is 0 Å². The fourth-order valence-corrected chi connectivity index (χ4v) is 4.42. The Morgan fingerprint density at radius 2 is 2.00 bits per heavy atom. The quantitative estimate of drug-likeness (QED) is 0.825. The van der Waals surface area contributed by atoms with E-state index in [0.29, 0.717) is 18.0 Å². The molecule has 1 saturated heterocycles. The highest BCUT2D eigenvalue weighted by molar-refractivity contribution is 7.22. The number of hydrogen-bond donors (Lipinski definition) is 2. The van der Waals surface area contributed by atoms with Crippen LogP contribution in [0.1, 0.15) is 32.1 Å².